The first-order valence-electron chi connectivity index (χ1n) is 14.1. The highest BCUT2D eigenvalue weighted by Gasteiger charge is 2.28. The van der Waals surface area contributed by atoms with E-state index in [-0.39, 0.29) is 30.8 Å². The molecule has 1 aliphatic heterocycles. The molecule has 0 saturated carbocycles. The zero-order valence-electron chi connectivity index (χ0n) is 25.8. The fourth-order valence-corrected chi connectivity index (χ4v) is 3.89. The van der Waals surface area contributed by atoms with Crippen LogP contribution < -0.4 is 16.0 Å². The summed E-state index contributed by atoms with van der Waals surface area (Å²) in [7, 11) is 0. The first-order chi connectivity index (χ1) is 23.3. The predicted molar refractivity (Wildman–Crippen MR) is 173 cm³/mol. The van der Waals surface area contributed by atoms with E-state index >= 15 is 0 Å². The molecule has 1 aliphatic rings. The Bertz CT molecular complexity index is 1740. The minimum atomic E-state index is -0.973. The van der Waals surface area contributed by atoms with Gasteiger partial charge in [-0.15, -0.1) is 0 Å². The monoisotopic (exact) mass is 677 g/mol. The summed E-state index contributed by atoms with van der Waals surface area (Å²) in [4.78, 5) is 76.4. The molecular formula is C32H31N5O12. The Labute approximate surface area is 277 Å². The van der Waals surface area contributed by atoms with Gasteiger partial charge in [-0.3, -0.25) is 33.6 Å². The molecular weight excluding hydrogens is 646 g/mol. The van der Waals surface area contributed by atoms with Crippen molar-refractivity contribution in [1.82, 2.24) is 0 Å². The van der Waals surface area contributed by atoms with E-state index in [1.165, 1.54) is 12.1 Å². The molecule has 4 rings (SSSR count). The number of carbonyl (C=O) groups is 7. The highest BCUT2D eigenvalue weighted by atomic mass is 16.5. The molecule has 7 N–H and O–H groups in total. The van der Waals surface area contributed by atoms with Gasteiger partial charge in [0.1, 0.15) is 12.4 Å². The molecule has 3 aromatic carbocycles. The van der Waals surface area contributed by atoms with Gasteiger partial charge in [-0.1, -0.05) is 40.6 Å². The number of carboxylic acid groups (broad SMARTS) is 2. The lowest BCUT2D eigenvalue weighted by Crippen LogP contribution is -2.12. The molecule has 49 heavy (non-hydrogen) atoms. The Morgan fingerprint density at radius 1 is 0.714 bits per heavy atom. The van der Waals surface area contributed by atoms with Crippen molar-refractivity contribution in [3.05, 3.63) is 89.0 Å². The van der Waals surface area contributed by atoms with Gasteiger partial charge < -0.3 is 41.3 Å². The summed E-state index contributed by atoms with van der Waals surface area (Å²) >= 11 is 0. The summed E-state index contributed by atoms with van der Waals surface area (Å²) < 4.78 is 4.82. The Hall–Kier alpha value is -6.91. The third-order valence-electron chi connectivity index (χ3n) is 5.94. The average Bonchev–Trinajstić information content (AvgIpc) is 3.32. The summed E-state index contributed by atoms with van der Waals surface area (Å²) in [6.45, 7) is 2.10. The summed E-state index contributed by atoms with van der Waals surface area (Å²) in [6.07, 6.45) is 1.46. The minimum Gasteiger partial charge on any atom is -0.481 e. The lowest BCUT2D eigenvalue weighted by molar-refractivity contribution is -0.142. The maximum absolute atomic E-state index is 11.3. The number of oxime groups is 2. The molecule has 0 radical (unpaired) electrons. The third kappa shape index (κ3) is 13.9. The number of carbonyl (C=O) groups excluding carboxylic acids is 5. The van der Waals surface area contributed by atoms with Crippen LogP contribution in [0.15, 0.2) is 77.0 Å². The van der Waals surface area contributed by atoms with Crippen LogP contribution in [0.3, 0.4) is 0 Å². The van der Waals surface area contributed by atoms with Crippen molar-refractivity contribution in [1.29, 1.82) is 0 Å². The number of rotatable bonds is 11. The van der Waals surface area contributed by atoms with E-state index in [9.17, 15) is 33.6 Å². The van der Waals surface area contributed by atoms with Gasteiger partial charge in [0.2, 0.25) is 0 Å². The number of ketones is 1. The van der Waals surface area contributed by atoms with E-state index in [4.69, 9.17) is 25.4 Å². The summed E-state index contributed by atoms with van der Waals surface area (Å²) in [5.74, 6) is -4.55. The van der Waals surface area contributed by atoms with Crippen LogP contribution in [0, 0.1) is 0 Å². The van der Waals surface area contributed by atoms with E-state index in [1.807, 2.05) is 0 Å². The van der Waals surface area contributed by atoms with Crippen LogP contribution >= 0.6 is 0 Å². The van der Waals surface area contributed by atoms with Crippen LogP contribution in [0.1, 0.15) is 34.0 Å². The van der Waals surface area contributed by atoms with Gasteiger partial charge in [-0.25, -0.2) is 0 Å². The van der Waals surface area contributed by atoms with Gasteiger partial charge in [-0.2, -0.15) is 0 Å². The van der Waals surface area contributed by atoms with Crippen LogP contribution in [0.5, 0.6) is 0 Å². The van der Waals surface area contributed by atoms with Crippen molar-refractivity contribution < 1.29 is 58.9 Å². The molecule has 0 unspecified atom stereocenters. The second-order valence-corrected chi connectivity index (χ2v) is 9.65. The van der Waals surface area contributed by atoms with Crippen LogP contribution in [-0.4, -0.2) is 81.1 Å². The van der Waals surface area contributed by atoms with Crippen molar-refractivity contribution in [3.63, 3.8) is 0 Å². The third-order valence-corrected chi connectivity index (χ3v) is 5.94. The lowest BCUT2D eigenvalue weighted by Gasteiger charge is -2.04. The predicted octanol–water partition coefficient (Wildman–Crippen LogP) is 2.35. The second-order valence-electron chi connectivity index (χ2n) is 9.65. The molecule has 17 nitrogen and oxygen atoms in total. The standard InChI is InChI=1S/C12H14N2O4.C10H10N2O4.C10H7NO4/c1-2-18-12(16)7-9-3-5-10(6-4-9)14-11(15)8-13-17;13-9(6-11-16)12-8-3-1-7(2-4-8)5-10(14)15;12-8(13)4-5-1-2-7-6(3-5)9(14)10(15)11-7/h3-6,8,17H,2,7H2,1H3,(H,14,15);1-4,6,16H,5H2,(H,12,13)(H,14,15);1-3H,4H2,(H,12,13)(H,11,14,15)/b13-8+;11-6+;. The van der Waals surface area contributed by atoms with Gasteiger partial charge in [0, 0.05) is 11.4 Å². The second kappa shape index (κ2) is 19.6. The quantitative estimate of drug-likeness (QED) is 0.0507. The number of amides is 3. The molecule has 0 spiro atoms. The number of Topliss-reactive ketones (excluding diaryl/α,β-unsaturated/α-hetero) is 1. The zero-order chi connectivity index (χ0) is 36.3. The number of benzene rings is 3. The summed E-state index contributed by atoms with van der Waals surface area (Å²) in [6, 6.07) is 17.6. The van der Waals surface area contributed by atoms with Gasteiger partial charge >= 0.3 is 17.9 Å². The van der Waals surface area contributed by atoms with E-state index in [0.29, 0.717) is 34.8 Å². The molecule has 0 atom stereocenters. The Morgan fingerprint density at radius 2 is 1.16 bits per heavy atom. The van der Waals surface area contributed by atoms with Gasteiger partial charge in [0.15, 0.2) is 0 Å². The van der Waals surface area contributed by atoms with E-state index in [1.54, 1.807) is 61.5 Å². The highest BCUT2D eigenvalue weighted by Crippen LogP contribution is 2.24. The number of nitrogens with one attached hydrogen (secondary N) is 3. The van der Waals surface area contributed by atoms with Crippen molar-refractivity contribution in [2.45, 2.75) is 26.2 Å². The van der Waals surface area contributed by atoms with Crippen LogP contribution in [0.2, 0.25) is 0 Å². The molecule has 3 amide bonds. The first kappa shape index (κ1) is 38.3. The molecule has 17 heteroatoms. The molecule has 0 saturated heterocycles. The number of anilines is 3. The van der Waals surface area contributed by atoms with Gasteiger partial charge in [0.05, 0.1) is 37.1 Å². The van der Waals surface area contributed by atoms with Gasteiger partial charge in [0.25, 0.3) is 23.5 Å². The maximum Gasteiger partial charge on any atom is 0.310 e. The van der Waals surface area contributed by atoms with Crippen molar-refractivity contribution in [2.75, 3.05) is 22.6 Å². The smallest absolute Gasteiger partial charge is 0.310 e. The zero-order valence-corrected chi connectivity index (χ0v) is 25.8. The number of hydrogen-bond donors (Lipinski definition) is 7. The molecule has 256 valence electrons. The number of nitrogens with zero attached hydrogens (tertiary/aromatic N) is 2. The van der Waals surface area contributed by atoms with Crippen LogP contribution in [-0.2, 0) is 52.8 Å². The average molecular weight is 678 g/mol. The van der Waals surface area contributed by atoms with Crippen LogP contribution in [0.25, 0.3) is 0 Å². The largest absolute Gasteiger partial charge is 0.481 e. The molecule has 0 fully saturated rings. The summed E-state index contributed by atoms with van der Waals surface area (Å²) in [5, 5.41) is 45.9. The lowest BCUT2D eigenvalue weighted by atomic mass is 10.1. The number of esters is 1. The highest BCUT2D eigenvalue weighted by molar-refractivity contribution is 6.51. The first-order valence-corrected chi connectivity index (χ1v) is 14.1. The number of hydrogen-bond acceptors (Lipinski definition) is 12. The normalized spacial score (nSPS) is 11.3. The molecule has 0 bridgehead atoms. The summed E-state index contributed by atoms with van der Waals surface area (Å²) in [5.41, 5.74) is 3.68. The van der Waals surface area contributed by atoms with E-state index < -0.39 is 35.4 Å². The number of ether oxygens (including phenoxy) is 1. The topological polar surface area (TPSA) is 270 Å². The van der Waals surface area contributed by atoms with E-state index in [2.05, 4.69) is 26.3 Å². The maximum atomic E-state index is 11.3. The van der Waals surface area contributed by atoms with Crippen molar-refractivity contribution >= 4 is 70.9 Å². The molecule has 3 aromatic rings. The van der Waals surface area contributed by atoms with Crippen molar-refractivity contribution in [2.24, 2.45) is 10.3 Å². The van der Waals surface area contributed by atoms with Crippen molar-refractivity contribution in [3.8, 4) is 0 Å². The molecule has 0 aromatic heterocycles. The van der Waals surface area contributed by atoms with Crippen LogP contribution in [0.4, 0.5) is 17.1 Å². The number of carboxylic acids is 2. The van der Waals surface area contributed by atoms with E-state index in [0.717, 1.165) is 18.0 Å². The number of aliphatic carboxylic acids is 2. The fraction of sp³-hybridized carbons (Fsp3) is 0.156. The SMILES string of the molecule is CCOC(=O)Cc1ccc(NC(=O)/C=N/O)cc1.O=C(O)Cc1ccc(NC(=O)/C=N/O)cc1.O=C(O)Cc1ccc2c(c1)C(=O)C(=O)N2. The molecule has 1 heterocycles. The van der Waals surface area contributed by atoms with Gasteiger partial charge in [-0.05, 0) is 60.0 Å². The molecule has 0 aliphatic carbocycles. The Balaban J connectivity index is 0.000000256. The fourth-order valence-electron chi connectivity index (χ4n) is 3.89. The Morgan fingerprint density at radius 3 is 1.61 bits per heavy atom. The number of fused-ring (bicyclic) bond motifs is 1. The minimum absolute atomic E-state index is 0.0632. The Kier molecular flexibility index (Phi) is 15.3.